The Balaban J connectivity index is 1.79. The Labute approximate surface area is 216 Å². The average molecular weight is 556 g/mol. The SMILES string of the molecule is Cc1c(-c2ccn(C(F)(F)F)c2)cnc(N2CCCC(F)(F)CC2)c1C(=O)Nc1cccc([S@](C)(=N)=O)c1. The Hall–Kier alpha value is -3.48. The number of alkyl halides is 5. The number of nitrogens with zero attached hydrogens (tertiary/aromatic N) is 3. The number of pyridine rings is 1. The predicted octanol–water partition coefficient (Wildman–Crippen LogP) is 6.25. The quantitative estimate of drug-likeness (QED) is 0.364. The molecule has 2 N–H and O–H groups in total. The van der Waals surface area contributed by atoms with E-state index in [1.165, 1.54) is 42.8 Å². The van der Waals surface area contributed by atoms with Gasteiger partial charge in [0.25, 0.3) is 5.91 Å². The second-order valence-electron chi connectivity index (χ2n) is 9.29. The molecule has 1 aliphatic rings. The van der Waals surface area contributed by atoms with E-state index in [0.717, 1.165) is 12.4 Å². The molecule has 38 heavy (non-hydrogen) atoms. The smallest absolute Gasteiger partial charge is 0.356 e. The Morgan fingerprint density at radius 2 is 1.92 bits per heavy atom. The normalized spacial score (nSPS) is 17.5. The highest BCUT2D eigenvalue weighted by molar-refractivity contribution is 7.91. The summed E-state index contributed by atoms with van der Waals surface area (Å²) < 4.78 is 87.6. The van der Waals surface area contributed by atoms with E-state index in [0.29, 0.717) is 5.56 Å². The van der Waals surface area contributed by atoms with E-state index in [4.69, 9.17) is 4.78 Å². The van der Waals surface area contributed by atoms with Crippen LogP contribution in [0.25, 0.3) is 11.1 Å². The number of hydrogen-bond donors (Lipinski definition) is 2. The Morgan fingerprint density at radius 1 is 1.18 bits per heavy atom. The van der Waals surface area contributed by atoms with E-state index in [-0.39, 0.29) is 63.6 Å². The number of halogens is 5. The second-order valence-corrected chi connectivity index (χ2v) is 11.5. The Bertz CT molecular complexity index is 1470. The molecular weight excluding hydrogens is 529 g/mol. The topological polar surface area (TPSA) is 91.1 Å². The zero-order valence-electron chi connectivity index (χ0n) is 20.6. The van der Waals surface area contributed by atoms with Crippen LogP contribution in [0.4, 0.5) is 33.5 Å². The summed E-state index contributed by atoms with van der Waals surface area (Å²) >= 11 is 0. The summed E-state index contributed by atoms with van der Waals surface area (Å²) in [6.07, 6.45) is -0.870. The van der Waals surface area contributed by atoms with Crippen molar-refractivity contribution in [2.45, 2.75) is 43.3 Å². The van der Waals surface area contributed by atoms with Gasteiger partial charge in [0, 0.05) is 72.5 Å². The minimum Gasteiger partial charge on any atom is -0.356 e. The standard InChI is InChI=1S/C25H26F5N5O2S/c1-16-20(17-7-11-35(15-17)25(28,29)30)14-32-22(34-10-4-8-24(26,27)9-12-34)21(16)23(36)33-18-5-3-6-19(13-18)38(2,31)37/h3,5-7,11,13-15,31H,4,8-10,12H2,1-2H3,(H,33,36)/t38-/m1/s1. The third-order valence-corrected chi connectivity index (χ3v) is 7.56. The van der Waals surface area contributed by atoms with Gasteiger partial charge < -0.3 is 10.2 Å². The van der Waals surface area contributed by atoms with Crippen molar-refractivity contribution >= 4 is 27.1 Å². The number of carbonyl (C=O) groups is 1. The molecule has 0 radical (unpaired) electrons. The largest absolute Gasteiger partial charge is 0.488 e. The lowest BCUT2D eigenvalue weighted by Crippen LogP contribution is -2.30. The van der Waals surface area contributed by atoms with Crippen molar-refractivity contribution in [1.82, 2.24) is 9.55 Å². The lowest BCUT2D eigenvalue weighted by atomic mass is 9.99. The summed E-state index contributed by atoms with van der Waals surface area (Å²) in [5.74, 6) is -3.37. The van der Waals surface area contributed by atoms with Crippen LogP contribution in [0.3, 0.4) is 0 Å². The van der Waals surface area contributed by atoms with E-state index in [2.05, 4.69) is 10.3 Å². The molecule has 0 aliphatic carbocycles. The Morgan fingerprint density at radius 3 is 2.58 bits per heavy atom. The lowest BCUT2D eigenvalue weighted by Gasteiger charge is -2.26. The molecule has 0 spiro atoms. The third kappa shape index (κ3) is 5.98. The molecule has 0 unspecified atom stereocenters. The molecule has 3 heterocycles. The molecule has 2 aromatic heterocycles. The summed E-state index contributed by atoms with van der Waals surface area (Å²) in [5, 5.41) is 2.68. The molecule has 4 rings (SSSR count). The van der Waals surface area contributed by atoms with Crippen molar-refractivity contribution < 1.29 is 31.0 Å². The van der Waals surface area contributed by atoms with Crippen LogP contribution in [0.5, 0.6) is 0 Å². The highest BCUT2D eigenvalue weighted by Crippen LogP contribution is 2.36. The number of aromatic nitrogens is 2. The molecule has 1 fully saturated rings. The van der Waals surface area contributed by atoms with Crippen LogP contribution in [-0.4, -0.2) is 44.9 Å². The number of anilines is 2. The van der Waals surface area contributed by atoms with E-state index in [9.17, 15) is 31.0 Å². The predicted molar refractivity (Wildman–Crippen MR) is 134 cm³/mol. The van der Waals surface area contributed by atoms with Crippen molar-refractivity contribution in [2.75, 3.05) is 29.6 Å². The number of nitrogens with one attached hydrogen (secondary N) is 2. The zero-order chi connectivity index (χ0) is 27.9. The molecule has 1 atom stereocenters. The summed E-state index contributed by atoms with van der Waals surface area (Å²) in [5.41, 5.74) is 1.05. The number of benzene rings is 1. The van der Waals surface area contributed by atoms with Gasteiger partial charge in [-0.3, -0.25) is 9.36 Å². The average Bonchev–Trinajstić information content (AvgIpc) is 3.24. The Kier molecular flexibility index (Phi) is 7.26. The highest BCUT2D eigenvalue weighted by Gasteiger charge is 2.34. The van der Waals surface area contributed by atoms with Crippen LogP contribution in [0.15, 0.2) is 53.8 Å². The van der Waals surface area contributed by atoms with Crippen molar-refractivity contribution in [2.24, 2.45) is 0 Å². The summed E-state index contributed by atoms with van der Waals surface area (Å²) in [7, 11) is -3.06. The second kappa shape index (κ2) is 10.0. The van der Waals surface area contributed by atoms with E-state index in [1.807, 2.05) is 0 Å². The van der Waals surface area contributed by atoms with E-state index < -0.39 is 34.3 Å². The maximum atomic E-state index is 14.0. The molecule has 7 nitrogen and oxygen atoms in total. The molecule has 1 aromatic carbocycles. The van der Waals surface area contributed by atoms with Gasteiger partial charge >= 0.3 is 6.30 Å². The van der Waals surface area contributed by atoms with Crippen LogP contribution < -0.4 is 10.2 Å². The van der Waals surface area contributed by atoms with E-state index >= 15 is 0 Å². The molecule has 0 bridgehead atoms. The molecule has 0 saturated carbocycles. The minimum atomic E-state index is -4.63. The highest BCUT2D eigenvalue weighted by atomic mass is 32.2. The third-order valence-electron chi connectivity index (χ3n) is 6.40. The summed E-state index contributed by atoms with van der Waals surface area (Å²) in [6.45, 7) is 1.72. The van der Waals surface area contributed by atoms with Crippen LogP contribution in [0.1, 0.15) is 35.2 Å². The van der Waals surface area contributed by atoms with E-state index in [1.54, 1.807) is 11.8 Å². The molecule has 3 aromatic rings. The zero-order valence-corrected chi connectivity index (χ0v) is 21.4. The molecule has 1 saturated heterocycles. The van der Waals surface area contributed by atoms with Crippen molar-refractivity contribution in [1.29, 1.82) is 4.78 Å². The maximum absolute atomic E-state index is 14.0. The molecule has 1 aliphatic heterocycles. The van der Waals surface area contributed by atoms with Gasteiger partial charge in [-0.2, -0.15) is 0 Å². The fourth-order valence-corrected chi connectivity index (χ4v) is 5.08. The maximum Gasteiger partial charge on any atom is 0.488 e. The van der Waals surface area contributed by atoms with Crippen molar-refractivity contribution in [3.8, 4) is 11.1 Å². The van der Waals surface area contributed by atoms with Crippen LogP contribution in [0.2, 0.25) is 0 Å². The summed E-state index contributed by atoms with van der Waals surface area (Å²) in [6, 6.07) is 7.21. The molecule has 13 heteroatoms. The van der Waals surface area contributed by atoms with Gasteiger partial charge in [0.1, 0.15) is 5.82 Å². The summed E-state index contributed by atoms with van der Waals surface area (Å²) in [4.78, 5) is 19.8. The molecule has 1 amide bonds. The first-order chi connectivity index (χ1) is 17.7. The fraction of sp³-hybridized carbons (Fsp3) is 0.360. The van der Waals surface area contributed by atoms with Gasteiger partial charge in [0.15, 0.2) is 0 Å². The van der Waals surface area contributed by atoms with Crippen LogP contribution >= 0.6 is 0 Å². The van der Waals surface area contributed by atoms with Gasteiger partial charge in [-0.15, -0.1) is 13.2 Å². The van der Waals surface area contributed by atoms with Gasteiger partial charge in [-0.05, 0) is 43.2 Å². The first-order valence-corrected chi connectivity index (χ1v) is 13.7. The first kappa shape index (κ1) is 27.6. The monoisotopic (exact) mass is 555 g/mol. The number of amides is 1. The van der Waals surface area contributed by atoms with Crippen molar-refractivity contribution in [3.63, 3.8) is 0 Å². The van der Waals surface area contributed by atoms with Crippen molar-refractivity contribution in [3.05, 3.63) is 60.0 Å². The molecule has 204 valence electrons. The van der Waals surface area contributed by atoms with Gasteiger partial charge in [-0.1, -0.05) is 6.07 Å². The minimum absolute atomic E-state index is 0.0287. The number of carbonyl (C=O) groups excluding carboxylic acids is 1. The number of hydrogen-bond acceptors (Lipinski definition) is 5. The first-order valence-electron chi connectivity index (χ1n) is 11.7. The van der Waals surface area contributed by atoms with Crippen LogP contribution in [-0.2, 0) is 16.0 Å². The van der Waals surface area contributed by atoms with Gasteiger partial charge in [-0.25, -0.2) is 22.8 Å². The fourth-order valence-electron chi connectivity index (χ4n) is 4.39. The lowest BCUT2D eigenvalue weighted by molar-refractivity contribution is -0.203. The van der Waals surface area contributed by atoms with Crippen LogP contribution in [0, 0.1) is 11.7 Å². The molecular formula is C25H26F5N5O2S. The van der Waals surface area contributed by atoms with Gasteiger partial charge in [0.2, 0.25) is 5.92 Å². The van der Waals surface area contributed by atoms with Gasteiger partial charge in [0.05, 0.1) is 15.3 Å². The number of rotatable bonds is 5.